The molecular weight excluding hydrogens is 186 g/mol. The molecule has 76 valence electrons. The van der Waals surface area contributed by atoms with Gasteiger partial charge in [0.2, 0.25) is 0 Å². The summed E-state index contributed by atoms with van der Waals surface area (Å²) in [5.41, 5.74) is 6.65. The monoisotopic (exact) mass is 199 g/mol. The molecule has 2 heteroatoms. The van der Waals surface area contributed by atoms with E-state index in [-0.39, 0.29) is 0 Å². The number of nitrogens with two attached hydrogens (primary N) is 1. The van der Waals surface area contributed by atoms with Crippen LogP contribution in [-0.4, -0.2) is 6.61 Å². The molecule has 0 saturated heterocycles. The normalized spacial score (nSPS) is 10.1. The minimum atomic E-state index is 0.508. The van der Waals surface area contributed by atoms with Crippen LogP contribution in [0.4, 0.5) is 5.69 Å². The van der Waals surface area contributed by atoms with Gasteiger partial charge in [-0.1, -0.05) is 36.9 Å². The number of rotatable bonds is 3. The lowest BCUT2D eigenvalue weighted by atomic mass is 10.1. The highest BCUT2D eigenvalue weighted by atomic mass is 16.5. The minimum Gasteiger partial charge on any atom is -0.489 e. The molecule has 0 aliphatic rings. The van der Waals surface area contributed by atoms with Gasteiger partial charge in [0, 0.05) is 16.5 Å². The second kappa shape index (κ2) is 4.05. The van der Waals surface area contributed by atoms with Gasteiger partial charge in [-0.2, -0.15) is 0 Å². The fourth-order valence-electron chi connectivity index (χ4n) is 1.58. The Morgan fingerprint density at radius 1 is 1.13 bits per heavy atom. The van der Waals surface area contributed by atoms with E-state index in [1.54, 1.807) is 6.08 Å². The summed E-state index contributed by atoms with van der Waals surface area (Å²) in [5.74, 6) is 0.847. The Balaban J connectivity index is 2.55. The molecule has 2 nitrogen and oxygen atoms in total. The fraction of sp³-hybridized carbons (Fsp3) is 0.0769. The van der Waals surface area contributed by atoms with Gasteiger partial charge >= 0.3 is 0 Å². The van der Waals surface area contributed by atoms with E-state index >= 15 is 0 Å². The largest absolute Gasteiger partial charge is 0.489 e. The molecule has 0 amide bonds. The van der Waals surface area contributed by atoms with E-state index in [1.807, 2.05) is 36.4 Å². The van der Waals surface area contributed by atoms with E-state index in [1.165, 1.54) is 0 Å². The van der Waals surface area contributed by atoms with Gasteiger partial charge in [-0.25, -0.2) is 0 Å². The van der Waals surface area contributed by atoms with Crippen molar-refractivity contribution in [3.63, 3.8) is 0 Å². The molecule has 2 N–H and O–H groups in total. The third-order valence-corrected chi connectivity index (χ3v) is 2.27. The van der Waals surface area contributed by atoms with Crippen LogP contribution >= 0.6 is 0 Å². The zero-order valence-corrected chi connectivity index (χ0v) is 8.44. The number of nitrogen functional groups attached to an aromatic ring is 1. The van der Waals surface area contributed by atoms with Crippen LogP contribution in [-0.2, 0) is 0 Å². The second-order valence-electron chi connectivity index (χ2n) is 3.30. The summed E-state index contributed by atoms with van der Waals surface area (Å²) < 4.78 is 5.55. The predicted octanol–water partition coefficient (Wildman–Crippen LogP) is 2.99. The van der Waals surface area contributed by atoms with Gasteiger partial charge < -0.3 is 10.5 Å². The molecule has 0 aliphatic carbocycles. The maximum absolute atomic E-state index is 5.88. The Kier molecular flexibility index (Phi) is 2.59. The van der Waals surface area contributed by atoms with Gasteiger partial charge in [-0.15, -0.1) is 0 Å². The number of anilines is 1. The highest BCUT2D eigenvalue weighted by Gasteiger charge is 2.02. The molecule has 0 aromatic heterocycles. The molecule has 2 aromatic carbocycles. The molecule has 0 bridgehead atoms. The SMILES string of the molecule is C=CCOc1cccc2c(N)cccc12. The van der Waals surface area contributed by atoms with Crippen molar-refractivity contribution in [2.45, 2.75) is 0 Å². The highest BCUT2D eigenvalue weighted by molar-refractivity contribution is 5.96. The molecule has 0 radical (unpaired) electrons. The summed E-state index contributed by atoms with van der Waals surface area (Å²) in [6, 6.07) is 11.7. The molecular formula is C13H13NO. The Bertz CT molecular complexity index is 491. The van der Waals surface area contributed by atoms with Gasteiger partial charge in [0.15, 0.2) is 0 Å². The second-order valence-corrected chi connectivity index (χ2v) is 3.30. The van der Waals surface area contributed by atoms with Crippen LogP contribution in [0.3, 0.4) is 0 Å². The Morgan fingerprint density at radius 3 is 2.67 bits per heavy atom. The topological polar surface area (TPSA) is 35.2 Å². The first kappa shape index (κ1) is 9.59. The lowest BCUT2D eigenvalue weighted by molar-refractivity contribution is 0.367. The average molecular weight is 199 g/mol. The average Bonchev–Trinajstić information content (AvgIpc) is 2.27. The van der Waals surface area contributed by atoms with E-state index < -0.39 is 0 Å². The Hall–Kier alpha value is -1.96. The summed E-state index contributed by atoms with van der Waals surface area (Å²) in [7, 11) is 0. The van der Waals surface area contributed by atoms with Gasteiger partial charge in [-0.05, 0) is 12.1 Å². The third kappa shape index (κ3) is 1.79. The number of hydrogen-bond donors (Lipinski definition) is 1. The van der Waals surface area contributed by atoms with Gasteiger partial charge in [0.25, 0.3) is 0 Å². The summed E-state index contributed by atoms with van der Waals surface area (Å²) in [6.07, 6.45) is 1.73. The minimum absolute atomic E-state index is 0.508. The van der Waals surface area contributed by atoms with E-state index in [0.29, 0.717) is 6.61 Å². The van der Waals surface area contributed by atoms with Crippen LogP contribution in [0.15, 0.2) is 49.1 Å². The van der Waals surface area contributed by atoms with E-state index in [4.69, 9.17) is 10.5 Å². The van der Waals surface area contributed by atoms with Crippen molar-refractivity contribution in [1.29, 1.82) is 0 Å². The molecule has 0 fully saturated rings. The van der Waals surface area contributed by atoms with Gasteiger partial charge in [0.1, 0.15) is 12.4 Å². The fourth-order valence-corrected chi connectivity index (χ4v) is 1.58. The number of fused-ring (bicyclic) bond motifs is 1. The lowest BCUT2D eigenvalue weighted by Gasteiger charge is -2.08. The lowest BCUT2D eigenvalue weighted by Crippen LogP contribution is -1.94. The maximum atomic E-state index is 5.88. The predicted molar refractivity (Wildman–Crippen MR) is 64.1 cm³/mol. The van der Waals surface area contributed by atoms with Crippen molar-refractivity contribution in [2.24, 2.45) is 0 Å². The number of hydrogen-bond acceptors (Lipinski definition) is 2. The highest BCUT2D eigenvalue weighted by Crippen LogP contribution is 2.28. The summed E-state index contributed by atoms with van der Waals surface area (Å²) in [4.78, 5) is 0. The van der Waals surface area contributed by atoms with Crippen molar-refractivity contribution in [1.82, 2.24) is 0 Å². The van der Waals surface area contributed by atoms with Crippen molar-refractivity contribution in [2.75, 3.05) is 12.3 Å². The first-order valence-electron chi connectivity index (χ1n) is 4.84. The zero-order chi connectivity index (χ0) is 10.7. The summed E-state index contributed by atoms with van der Waals surface area (Å²) in [6.45, 7) is 4.13. The standard InChI is InChI=1S/C13H13NO/c1-2-9-15-13-8-4-5-10-11(13)6-3-7-12(10)14/h2-8H,1,9,14H2. The van der Waals surface area contributed by atoms with Crippen molar-refractivity contribution in [3.8, 4) is 5.75 Å². The molecule has 2 aromatic rings. The van der Waals surface area contributed by atoms with Crippen LogP contribution in [0.2, 0.25) is 0 Å². The molecule has 2 rings (SSSR count). The molecule has 0 spiro atoms. The molecule has 0 atom stereocenters. The van der Waals surface area contributed by atoms with Crippen molar-refractivity contribution >= 4 is 16.5 Å². The molecule has 0 heterocycles. The first-order valence-corrected chi connectivity index (χ1v) is 4.84. The van der Waals surface area contributed by atoms with Gasteiger partial charge in [0.05, 0.1) is 0 Å². The molecule has 15 heavy (non-hydrogen) atoms. The molecule has 0 unspecified atom stereocenters. The van der Waals surface area contributed by atoms with E-state index in [0.717, 1.165) is 22.2 Å². The maximum Gasteiger partial charge on any atom is 0.127 e. The zero-order valence-electron chi connectivity index (χ0n) is 8.44. The third-order valence-electron chi connectivity index (χ3n) is 2.27. The van der Waals surface area contributed by atoms with Crippen LogP contribution in [0.5, 0.6) is 5.75 Å². The summed E-state index contributed by atoms with van der Waals surface area (Å²) >= 11 is 0. The molecule has 0 aliphatic heterocycles. The van der Waals surface area contributed by atoms with Crippen LogP contribution < -0.4 is 10.5 Å². The van der Waals surface area contributed by atoms with E-state index in [9.17, 15) is 0 Å². The Labute approximate surface area is 89.0 Å². The molecule has 0 saturated carbocycles. The van der Waals surface area contributed by atoms with Crippen LogP contribution in [0, 0.1) is 0 Å². The van der Waals surface area contributed by atoms with Crippen LogP contribution in [0.1, 0.15) is 0 Å². The first-order chi connectivity index (χ1) is 7.33. The van der Waals surface area contributed by atoms with Crippen molar-refractivity contribution in [3.05, 3.63) is 49.1 Å². The smallest absolute Gasteiger partial charge is 0.127 e. The Morgan fingerprint density at radius 2 is 1.87 bits per heavy atom. The van der Waals surface area contributed by atoms with Crippen LogP contribution in [0.25, 0.3) is 10.8 Å². The quantitative estimate of drug-likeness (QED) is 0.609. The van der Waals surface area contributed by atoms with Crippen molar-refractivity contribution < 1.29 is 4.74 Å². The number of ether oxygens (including phenoxy) is 1. The van der Waals surface area contributed by atoms with E-state index in [2.05, 4.69) is 6.58 Å². The van der Waals surface area contributed by atoms with Gasteiger partial charge in [-0.3, -0.25) is 0 Å². The summed E-state index contributed by atoms with van der Waals surface area (Å²) in [5, 5.41) is 2.07. The number of benzene rings is 2.